The first-order valence-electron chi connectivity index (χ1n) is 9.06. The topological polar surface area (TPSA) is 58.2 Å². The summed E-state index contributed by atoms with van der Waals surface area (Å²) in [5, 5.41) is 5.65. The number of nitrogens with one attached hydrogen (secondary N) is 2. The first-order valence-corrected chi connectivity index (χ1v) is 9.06. The zero-order valence-corrected chi connectivity index (χ0v) is 15.3. The maximum Gasteiger partial charge on any atom is 0.251 e. The third-order valence-corrected chi connectivity index (χ3v) is 4.32. The lowest BCUT2D eigenvalue weighted by atomic mass is 10.1. The molecule has 3 aromatic rings. The van der Waals surface area contributed by atoms with Gasteiger partial charge in [0.2, 0.25) is 0 Å². The van der Waals surface area contributed by atoms with Crippen molar-refractivity contribution >= 4 is 11.8 Å². The molecule has 5 heteroatoms. The summed E-state index contributed by atoms with van der Waals surface area (Å²) in [5.74, 6) is -0.734. The Morgan fingerprint density at radius 2 is 1.25 bits per heavy atom. The molecule has 0 spiro atoms. The summed E-state index contributed by atoms with van der Waals surface area (Å²) < 4.78 is 12.9. The van der Waals surface area contributed by atoms with E-state index in [1.807, 2.05) is 30.3 Å². The molecule has 142 valence electrons. The minimum Gasteiger partial charge on any atom is -0.352 e. The van der Waals surface area contributed by atoms with Crippen LogP contribution in [0.5, 0.6) is 0 Å². The summed E-state index contributed by atoms with van der Waals surface area (Å²) in [6.07, 6.45) is 0.760. The van der Waals surface area contributed by atoms with Crippen molar-refractivity contribution in [2.45, 2.75) is 13.0 Å². The van der Waals surface area contributed by atoms with E-state index in [-0.39, 0.29) is 17.6 Å². The molecular formula is C23H21FN2O2. The average molecular weight is 376 g/mol. The highest BCUT2D eigenvalue weighted by molar-refractivity contribution is 5.97. The van der Waals surface area contributed by atoms with E-state index < -0.39 is 0 Å². The van der Waals surface area contributed by atoms with Crippen molar-refractivity contribution in [1.29, 1.82) is 0 Å². The Hall–Kier alpha value is -3.47. The summed E-state index contributed by atoms with van der Waals surface area (Å²) in [5.41, 5.74) is 2.94. The predicted octanol–water partition coefficient (Wildman–Crippen LogP) is 3.73. The first kappa shape index (κ1) is 19.3. The molecule has 0 aliphatic heterocycles. The van der Waals surface area contributed by atoms with Crippen LogP contribution in [0.3, 0.4) is 0 Å². The third-order valence-electron chi connectivity index (χ3n) is 4.32. The Balaban J connectivity index is 1.48. The van der Waals surface area contributed by atoms with Crippen LogP contribution in [0.1, 0.15) is 31.8 Å². The molecule has 3 rings (SSSR count). The summed E-state index contributed by atoms with van der Waals surface area (Å²) >= 11 is 0. The van der Waals surface area contributed by atoms with Gasteiger partial charge in [-0.25, -0.2) is 4.39 Å². The van der Waals surface area contributed by atoms with E-state index in [2.05, 4.69) is 10.6 Å². The van der Waals surface area contributed by atoms with Gasteiger partial charge >= 0.3 is 0 Å². The van der Waals surface area contributed by atoms with Crippen LogP contribution in [0.2, 0.25) is 0 Å². The number of halogens is 1. The van der Waals surface area contributed by atoms with Crippen LogP contribution >= 0.6 is 0 Å². The van der Waals surface area contributed by atoms with Crippen LogP contribution < -0.4 is 10.6 Å². The second kappa shape index (κ2) is 9.46. The second-order valence-corrected chi connectivity index (χ2v) is 6.38. The van der Waals surface area contributed by atoms with Crippen molar-refractivity contribution < 1.29 is 14.0 Å². The molecule has 0 aromatic heterocycles. The minimum absolute atomic E-state index is 0.172. The Morgan fingerprint density at radius 3 is 1.86 bits per heavy atom. The Labute approximate surface area is 163 Å². The van der Waals surface area contributed by atoms with Gasteiger partial charge in [0, 0.05) is 24.2 Å². The lowest BCUT2D eigenvalue weighted by Crippen LogP contribution is -2.26. The molecule has 2 amide bonds. The van der Waals surface area contributed by atoms with Gasteiger partial charge < -0.3 is 10.6 Å². The normalized spacial score (nSPS) is 10.3. The number of hydrogen-bond acceptors (Lipinski definition) is 2. The van der Waals surface area contributed by atoms with Gasteiger partial charge in [-0.2, -0.15) is 0 Å². The first-order chi connectivity index (χ1) is 13.6. The quantitative estimate of drug-likeness (QED) is 0.660. The maximum atomic E-state index is 12.9. The molecule has 0 radical (unpaired) electrons. The lowest BCUT2D eigenvalue weighted by Gasteiger charge is -2.08. The highest BCUT2D eigenvalue weighted by Gasteiger charge is 2.09. The van der Waals surface area contributed by atoms with Gasteiger partial charge in [-0.1, -0.05) is 42.5 Å². The highest BCUT2D eigenvalue weighted by Crippen LogP contribution is 2.07. The van der Waals surface area contributed by atoms with Crippen molar-refractivity contribution in [3.8, 4) is 0 Å². The number of rotatable bonds is 7. The molecule has 0 atom stereocenters. The molecular weight excluding hydrogens is 355 g/mol. The van der Waals surface area contributed by atoms with Gasteiger partial charge in [-0.05, 0) is 53.9 Å². The smallest absolute Gasteiger partial charge is 0.251 e. The molecule has 0 unspecified atom stereocenters. The van der Waals surface area contributed by atoms with Crippen LogP contribution in [0.15, 0.2) is 78.9 Å². The molecule has 28 heavy (non-hydrogen) atoms. The summed E-state index contributed by atoms with van der Waals surface area (Å²) in [7, 11) is 0. The largest absolute Gasteiger partial charge is 0.352 e. The van der Waals surface area contributed by atoms with Gasteiger partial charge in [-0.3, -0.25) is 9.59 Å². The van der Waals surface area contributed by atoms with Crippen LogP contribution in [0, 0.1) is 5.82 Å². The zero-order chi connectivity index (χ0) is 19.8. The van der Waals surface area contributed by atoms with Gasteiger partial charge in [0.05, 0.1) is 0 Å². The van der Waals surface area contributed by atoms with E-state index >= 15 is 0 Å². The van der Waals surface area contributed by atoms with Gasteiger partial charge in [0.15, 0.2) is 0 Å². The molecule has 0 fully saturated rings. The molecule has 2 N–H and O–H groups in total. The van der Waals surface area contributed by atoms with Crippen LogP contribution in [-0.2, 0) is 13.0 Å². The lowest BCUT2D eigenvalue weighted by molar-refractivity contribution is 0.0940. The van der Waals surface area contributed by atoms with E-state index in [9.17, 15) is 14.0 Å². The Morgan fingerprint density at radius 1 is 0.679 bits per heavy atom. The van der Waals surface area contributed by atoms with Crippen molar-refractivity contribution in [3.63, 3.8) is 0 Å². The van der Waals surface area contributed by atoms with E-state index in [0.29, 0.717) is 24.2 Å². The fourth-order valence-corrected chi connectivity index (χ4v) is 2.73. The fraction of sp³-hybridized carbons (Fsp3) is 0.130. The maximum absolute atomic E-state index is 12.9. The molecule has 3 aromatic carbocycles. The highest BCUT2D eigenvalue weighted by atomic mass is 19.1. The van der Waals surface area contributed by atoms with Crippen LogP contribution in [0.4, 0.5) is 4.39 Å². The van der Waals surface area contributed by atoms with Crippen molar-refractivity contribution in [1.82, 2.24) is 10.6 Å². The molecule has 0 saturated heterocycles. The molecule has 0 heterocycles. The number of hydrogen-bond donors (Lipinski definition) is 2. The van der Waals surface area contributed by atoms with E-state index in [1.165, 1.54) is 12.1 Å². The van der Waals surface area contributed by atoms with Crippen LogP contribution in [-0.4, -0.2) is 18.4 Å². The molecule has 0 aliphatic carbocycles. The Kier molecular flexibility index (Phi) is 6.52. The number of amides is 2. The van der Waals surface area contributed by atoms with Gasteiger partial charge in [-0.15, -0.1) is 0 Å². The van der Waals surface area contributed by atoms with Crippen molar-refractivity contribution in [2.24, 2.45) is 0 Å². The van der Waals surface area contributed by atoms with Crippen LogP contribution in [0.25, 0.3) is 0 Å². The molecule has 0 saturated carbocycles. The average Bonchev–Trinajstić information content (AvgIpc) is 2.74. The third kappa shape index (κ3) is 5.51. The standard InChI is InChI=1S/C23H21FN2O2/c24-21-12-6-18(7-13-21)16-26-23(28)20-10-8-19(9-11-20)22(27)25-15-14-17-4-2-1-3-5-17/h1-13H,14-16H2,(H,25,27)(H,26,28). The minimum atomic E-state index is -0.312. The van der Waals surface area contributed by atoms with Gasteiger partial charge in [0.1, 0.15) is 5.82 Å². The SMILES string of the molecule is O=C(NCCc1ccccc1)c1ccc(C(=O)NCc2ccc(F)cc2)cc1. The second-order valence-electron chi connectivity index (χ2n) is 6.38. The summed E-state index contributed by atoms with van der Waals surface area (Å²) in [4.78, 5) is 24.4. The summed E-state index contributed by atoms with van der Waals surface area (Å²) in [6.45, 7) is 0.851. The van der Waals surface area contributed by atoms with Crippen molar-refractivity contribution in [3.05, 3.63) is 107 Å². The van der Waals surface area contributed by atoms with Gasteiger partial charge in [0.25, 0.3) is 11.8 Å². The summed E-state index contributed by atoms with van der Waals surface area (Å²) in [6, 6.07) is 22.4. The van der Waals surface area contributed by atoms with E-state index in [0.717, 1.165) is 17.5 Å². The predicted molar refractivity (Wildman–Crippen MR) is 106 cm³/mol. The molecule has 4 nitrogen and oxygen atoms in total. The van der Waals surface area contributed by atoms with Crippen molar-refractivity contribution in [2.75, 3.05) is 6.54 Å². The number of carbonyl (C=O) groups is 2. The number of carbonyl (C=O) groups excluding carboxylic acids is 2. The fourth-order valence-electron chi connectivity index (χ4n) is 2.73. The molecule has 0 bridgehead atoms. The number of benzene rings is 3. The van der Waals surface area contributed by atoms with E-state index in [4.69, 9.17) is 0 Å². The van der Waals surface area contributed by atoms with E-state index in [1.54, 1.807) is 36.4 Å². The molecule has 0 aliphatic rings. The zero-order valence-electron chi connectivity index (χ0n) is 15.3. The monoisotopic (exact) mass is 376 g/mol. The Bertz CT molecular complexity index is 923.